The van der Waals surface area contributed by atoms with Gasteiger partial charge in [-0.3, -0.25) is 9.67 Å². The number of carbonyl (C=O) groups excluding carboxylic acids is 1. The number of piperidine rings is 1. The maximum absolute atomic E-state index is 12.4. The van der Waals surface area contributed by atoms with Crippen LogP contribution in [0.15, 0.2) is 17.4 Å². The molecule has 8 heteroatoms. The standard InChI is InChI=1S/C22H38N6O2/c1-6-23-20(27-11-9-18(16-27)19-13-25-26(5)15-19)24-12-17-8-7-10-28(14-17)21(29)30-22(2,3)4/h13,15,17-18H,6-12,14,16H2,1-5H3,(H,23,24). The minimum Gasteiger partial charge on any atom is -0.444 e. The molecule has 0 bridgehead atoms. The summed E-state index contributed by atoms with van der Waals surface area (Å²) in [5.41, 5.74) is 0.845. The van der Waals surface area contributed by atoms with Crippen molar-refractivity contribution in [2.75, 3.05) is 39.3 Å². The zero-order valence-electron chi connectivity index (χ0n) is 19.2. The molecule has 1 aromatic rings. The fourth-order valence-electron chi connectivity index (χ4n) is 4.22. The minimum absolute atomic E-state index is 0.207. The number of carbonyl (C=O) groups is 1. The second-order valence-corrected chi connectivity index (χ2v) is 9.51. The van der Waals surface area contributed by atoms with Gasteiger partial charge in [0.25, 0.3) is 0 Å². The van der Waals surface area contributed by atoms with Crippen LogP contribution in [0.3, 0.4) is 0 Å². The Morgan fingerprint density at radius 2 is 2.07 bits per heavy atom. The van der Waals surface area contributed by atoms with Crippen molar-refractivity contribution in [3.8, 4) is 0 Å². The molecule has 30 heavy (non-hydrogen) atoms. The first-order valence-corrected chi connectivity index (χ1v) is 11.2. The van der Waals surface area contributed by atoms with Crippen LogP contribution in [-0.4, -0.2) is 76.5 Å². The number of amides is 1. The van der Waals surface area contributed by atoms with Crippen molar-refractivity contribution in [1.82, 2.24) is 24.9 Å². The molecule has 0 radical (unpaired) electrons. The quantitative estimate of drug-likeness (QED) is 0.601. The largest absolute Gasteiger partial charge is 0.444 e. The zero-order chi connectivity index (χ0) is 21.7. The van der Waals surface area contributed by atoms with Crippen LogP contribution < -0.4 is 5.32 Å². The third-order valence-electron chi connectivity index (χ3n) is 5.69. The summed E-state index contributed by atoms with van der Waals surface area (Å²) in [6, 6.07) is 0. The van der Waals surface area contributed by atoms with E-state index >= 15 is 0 Å². The van der Waals surface area contributed by atoms with Gasteiger partial charge in [0.1, 0.15) is 5.60 Å². The highest BCUT2D eigenvalue weighted by Gasteiger charge is 2.29. The summed E-state index contributed by atoms with van der Waals surface area (Å²) < 4.78 is 7.42. The van der Waals surface area contributed by atoms with Crippen LogP contribution in [0.5, 0.6) is 0 Å². The van der Waals surface area contributed by atoms with Crippen molar-refractivity contribution in [2.24, 2.45) is 18.0 Å². The normalized spacial score (nSPS) is 23.0. The fourth-order valence-corrected chi connectivity index (χ4v) is 4.22. The van der Waals surface area contributed by atoms with Gasteiger partial charge in [-0.2, -0.15) is 5.10 Å². The molecule has 2 saturated heterocycles. The molecule has 0 saturated carbocycles. The molecule has 2 unspecified atom stereocenters. The number of nitrogens with one attached hydrogen (secondary N) is 1. The first-order valence-electron chi connectivity index (χ1n) is 11.2. The Morgan fingerprint density at radius 3 is 2.73 bits per heavy atom. The maximum Gasteiger partial charge on any atom is 0.410 e. The molecule has 2 atom stereocenters. The number of aliphatic imine (C=N–C) groups is 1. The zero-order valence-corrected chi connectivity index (χ0v) is 19.2. The van der Waals surface area contributed by atoms with Gasteiger partial charge in [0.15, 0.2) is 5.96 Å². The molecule has 1 aromatic heterocycles. The summed E-state index contributed by atoms with van der Waals surface area (Å²) in [6.45, 7) is 12.9. The van der Waals surface area contributed by atoms with E-state index < -0.39 is 5.60 Å². The summed E-state index contributed by atoms with van der Waals surface area (Å²) >= 11 is 0. The third-order valence-corrected chi connectivity index (χ3v) is 5.69. The van der Waals surface area contributed by atoms with Gasteiger partial charge in [0.05, 0.1) is 6.20 Å². The van der Waals surface area contributed by atoms with Crippen LogP contribution >= 0.6 is 0 Å². The molecule has 3 heterocycles. The van der Waals surface area contributed by atoms with Gasteiger partial charge in [-0.1, -0.05) is 0 Å². The highest BCUT2D eigenvalue weighted by Crippen LogP contribution is 2.27. The van der Waals surface area contributed by atoms with Crippen LogP contribution in [0.4, 0.5) is 4.79 Å². The number of nitrogens with zero attached hydrogens (tertiary/aromatic N) is 5. The Morgan fingerprint density at radius 1 is 1.27 bits per heavy atom. The van der Waals surface area contributed by atoms with Crippen molar-refractivity contribution >= 4 is 12.1 Å². The summed E-state index contributed by atoms with van der Waals surface area (Å²) in [5.74, 6) is 1.86. The van der Waals surface area contributed by atoms with E-state index in [4.69, 9.17) is 9.73 Å². The molecule has 1 N–H and O–H groups in total. The molecule has 2 aliphatic heterocycles. The minimum atomic E-state index is -0.457. The number of ether oxygens (including phenoxy) is 1. The van der Waals surface area contributed by atoms with E-state index in [2.05, 4.69) is 28.4 Å². The van der Waals surface area contributed by atoms with Crippen molar-refractivity contribution in [1.29, 1.82) is 0 Å². The fraction of sp³-hybridized carbons (Fsp3) is 0.773. The van der Waals surface area contributed by atoms with Crippen LogP contribution in [0.1, 0.15) is 58.4 Å². The number of hydrogen-bond donors (Lipinski definition) is 1. The second kappa shape index (κ2) is 9.71. The highest BCUT2D eigenvalue weighted by molar-refractivity contribution is 5.80. The monoisotopic (exact) mass is 418 g/mol. The maximum atomic E-state index is 12.4. The number of rotatable bonds is 4. The van der Waals surface area contributed by atoms with Crippen LogP contribution in [0.25, 0.3) is 0 Å². The Bertz CT molecular complexity index is 738. The lowest BCUT2D eigenvalue weighted by Crippen LogP contribution is -2.44. The number of guanidine groups is 1. The highest BCUT2D eigenvalue weighted by atomic mass is 16.6. The number of likely N-dealkylation sites (tertiary alicyclic amines) is 2. The molecular formula is C22H38N6O2. The molecule has 1 amide bonds. The van der Waals surface area contributed by atoms with Crippen molar-refractivity contribution in [2.45, 2.75) is 58.5 Å². The first-order chi connectivity index (χ1) is 14.2. The molecular weight excluding hydrogens is 380 g/mol. The van der Waals surface area contributed by atoms with Crippen molar-refractivity contribution < 1.29 is 9.53 Å². The van der Waals surface area contributed by atoms with Crippen LogP contribution in [0, 0.1) is 5.92 Å². The van der Waals surface area contributed by atoms with E-state index in [1.807, 2.05) is 43.6 Å². The molecule has 168 valence electrons. The topological polar surface area (TPSA) is 75.0 Å². The van der Waals surface area contributed by atoms with E-state index in [-0.39, 0.29) is 6.09 Å². The second-order valence-electron chi connectivity index (χ2n) is 9.51. The molecule has 3 rings (SSSR count). The SMILES string of the molecule is CCNC(=NCC1CCCN(C(=O)OC(C)(C)C)C1)N1CCC(c2cnn(C)c2)C1. The number of aromatic nitrogens is 2. The van der Waals surface area contributed by atoms with E-state index in [0.717, 1.165) is 64.5 Å². The number of hydrogen-bond acceptors (Lipinski definition) is 4. The molecule has 2 fully saturated rings. The van der Waals surface area contributed by atoms with Gasteiger partial charge < -0.3 is 19.9 Å². The van der Waals surface area contributed by atoms with E-state index in [1.54, 1.807) is 0 Å². The van der Waals surface area contributed by atoms with Gasteiger partial charge in [-0.05, 0) is 58.4 Å². The molecule has 0 aliphatic carbocycles. The number of aryl methyl sites for hydroxylation is 1. The summed E-state index contributed by atoms with van der Waals surface area (Å²) in [6.07, 6.45) is 7.11. The smallest absolute Gasteiger partial charge is 0.410 e. The average molecular weight is 419 g/mol. The van der Waals surface area contributed by atoms with E-state index in [1.165, 1.54) is 5.56 Å². The Kier molecular flexibility index (Phi) is 7.26. The lowest BCUT2D eigenvalue weighted by molar-refractivity contribution is 0.0170. The Labute approximate surface area is 180 Å². The molecule has 0 spiro atoms. The summed E-state index contributed by atoms with van der Waals surface area (Å²) in [4.78, 5) is 21.6. The predicted octanol–water partition coefficient (Wildman–Crippen LogP) is 2.82. The molecule has 0 aromatic carbocycles. The summed E-state index contributed by atoms with van der Waals surface area (Å²) in [5, 5.41) is 7.77. The summed E-state index contributed by atoms with van der Waals surface area (Å²) in [7, 11) is 1.96. The van der Waals surface area contributed by atoms with E-state index in [9.17, 15) is 4.79 Å². The lowest BCUT2D eigenvalue weighted by atomic mass is 9.98. The predicted molar refractivity (Wildman–Crippen MR) is 119 cm³/mol. The van der Waals surface area contributed by atoms with Gasteiger partial charge in [-0.25, -0.2) is 4.79 Å². The average Bonchev–Trinajstić information content (AvgIpc) is 3.33. The van der Waals surface area contributed by atoms with E-state index in [0.29, 0.717) is 11.8 Å². The van der Waals surface area contributed by atoms with Crippen molar-refractivity contribution in [3.63, 3.8) is 0 Å². The van der Waals surface area contributed by atoms with Crippen molar-refractivity contribution in [3.05, 3.63) is 18.0 Å². The Balaban J connectivity index is 1.57. The van der Waals surface area contributed by atoms with Gasteiger partial charge >= 0.3 is 6.09 Å². The molecule has 8 nitrogen and oxygen atoms in total. The Hall–Kier alpha value is -2.25. The lowest BCUT2D eigenvalue weighted by Gasteiger charge is -2.33. The first kappa shape index (κ1) is 22.4. The van der Waals surface area contributed by atoms with Gasteiger partial charge in [-0.15, -0.1) is 0 Å². The van der Waals surface area contributed by atoms with Gasteiger partial charge in [0.2, 0.25) is 0 Å². The van der Waals surface area contributed by atoms with Crippen LogP contribution in [0.2, 0.25) is 0 Å². The third kappa shape index (κ3) is 6.12. The molecule has 2 aliphatic rings. The van der Waals surface area contributed by atoms with Crippen LogP contribution in [-0.2, 0) is 11.8 Å². The van der Waals surface area contributed by atoms with Gasteiger partial charge in [0, 0.05) is 58.4 Å².